The van der Waals surface area contributed by atoms with E-state index in [9.17, 15) is 13.6 Å². The summed E-state index contributed by atoms with van der Waals surface area (Å²) in [6.45, 7) is 5.34. The van der Waals surface area contributed by atoms with Gasteiger partial charge >= 0.3 is 0 Å². The van der Waals surface area contributed by atoms with Crippen molar-refractivity contribution >= 4 is 5.91 Å². The molecule has 1 unspecified atom stereocenters. The van der Waals surface area contributed by atoms with Gasteiger partial charge in [0.15, 0.2) is 0 Å². The van der Waals surface area contributed by atoms with Gasteiger partial charge in [-0.25, -0.2) is 8.78 Å². The fourth-order valence-corrected chi connectivity index (χ4v) is 3.30. The summed E-state index contributed by atoms with van der Waals surface area (Å²) in [5.41, 5.74) is 3.44. The van der Waals surface area contributed by atoms with E-state index < -0.39 is 12.5 Å². The molecule has 0 aliphatic carbocycles. The van der Waals surface area contributed by atoms with E-state index in [-0.39, 0.29) is 18.9 Å². The van der Waals surface area contributed by atoms with Crippen LogP contribution < -0.4 is 0 Å². The summed E-state index contributed by atoms with van der Waals surface area (Å²) in [6.07, 6.45) is -2.83. The van der Waals surface area contributed by atoms with Crippen LogP contribution in [0.4, 0.5) is 8.78 Å². The van der Waals surface area contributed by atoms with Crippen molar-refractivity contribution in [1.29, 1.82) is 0 Å². The highest BCUT2D eigenvalue weighted by molar-refractivity contribution is 5.94. The van der Waals surface area contributed by atoms with Crippen LogP contribution in [-0.2, 0) is 11.3 Å². The van der Waals surface area contributed by atoms with Gasteiger partial charge in [-0.15, -0.1) is 0 Å². The lowest BCUT2D eigenvalue weighted by Gasteiger charge is -2.35. The highest BCUT2D eigenvalue weighted by atomic mass is 19.3. The SMILES string of the molecule is Cc1cc(C)n(Cc2cccc(C(=O)N3CCOCC3CC(F)F)c2)n1. The molecule has 1 aliphatic heterocycles. The summed E-state index contributed by atoms with van der Waals surface area (Å²) in [5.74, 6) is -0.228. The summed E-state index contributed by atoms with van der Waals surface area (Å²) < 4.78 is 32.8. The van der Waals surface area contributed by atoms with Crippen molar-refractivity contribution in [2.24, 2.45) is 0 Å². The maximum Gasteiger partial charge on any atom is 0.254 e. The number of aromatic nitrogens is 2. The molecule has 7 heteroatoms. The molecule has 1 fully saturated rings. The van der Waals surface area contributed by atoms with Crippen LogP contribution in [0, 0.1) is 13.8 Å². The number of nitrogens with zero attached hydrogens (tertiary/aromatic N) is 3. The van der Waals surface area contributed by atoms with E-state index in [4.69, 9.17) is 4.74 Å². The molecule has 1 amide bonds. The zero-order valence-corrected chi connectivity index (χ0v) is 15.0. The molecule has 26 heavy (non-hydrogen) atoms. The summed E-state index contributed by atoms with van der Waals surface area (Å²) >= 11 is 0. The van der Waals surface area contributed by atoms with Crippen LogP contribution in [0.5, 0.6) is 0 Å². The van der Waals surface area contributed by atoms with Gasteiger partial charge < -0.3 is 9.64 Å². The van der Waals surface area contributed by atoms with Crippen LogP contribution >= 0.6 is 0 Å². The second-order valence-corrected chi connectivity index (χ2v) is 6.64. The second-order valence-electron chi connectivity index (χ2n) is 6.64. The molecule has 5 nitrogen and oxygen atoms in total. The molecule has 1 aromatic carbocycles. The molecule has 1 aromatic heterocycles. The molecule has 2 aromatic rings. The summed E-state index contributed by atoms with van der Waals surface area (Å²) in [6, 6.07) is 8.70. The Balaban J connectivity index is 1.78. The third-order valence-corrected chi connectivity index (χ3v) is 4.55. The van der Waals surface area contributed by atoms with Crippen molar-refractivity contribution in [2.75, 3.05) is 19.8 Å². The van der Waals surface area contributed by atoms with E-state index in [1.54, 1.807) is 6.07 Å². The standard InChI is InChI=1S/C19H23F2N3O2/c1-13-8-14(2)24(22-13)11-15-4-3-5-16(9-15)19(25)23-6-7-26-12-17(23)10-18(20)21/h3-5,8-9,17-18H,6-7,10-12H2,1-2H3. The molecular formula is C19H23F2N3O2. The number of aryl methyl sites for hydroxylation is 2. The average Bonchev–Trinajstić information content (AvgIpc) is 2.91. The van der Waals surface area contributed by atoms with Gasteiger partial charge in [0.1, 0.15) is 0 Å². The van der Waals surface area contributed by atoms with Crippen molar-refractivity contribution in [3.8, 4) is 0 Å². The number of amides is 1. The number of morpholine rings is 1. The maximum atomic E-state index is 12.9. The topological polar surface area (TPSA) is 47.4 Å². The molecule has 0 saturated carbocycles. The van der Waals surface area contributed by atoms with Gasteiger partial charge in [0.25, 0.3) is 5.91 Å². The Bertz CT molecular complexity index is 776. The molecule has 0 bridgehead atoms. The van der Waals surface area contributed by atoms with Crippen molar-refractivity contribution in [3.05, 3.63) is 52.8 Å². The van der Waals surface area contributed by atoms with Crippen LogP contribution in [0.25, 0.3) is 0 Å². The lowest BCUT2D eigenvalue weighted by Crippen LogP contribution is -2.49. The van der Waals surface area contributed by atoms with Crippen molar-refractivity contribution < 1.29 is 18.3 Å². The average molecular weight is 363 g/mol. The molecule has 1 atom stereocenters. The van der Waals surface area contributed by atoms with Crippen LogP contribution in [-0.4, -0.2) is 52.8 Å². The van der Waals surface area contributed by atoms with Crippen LogP contribution in [0.2, 0.25) is 0 Å². The van der Waals surface area contributed by atoms with Gasteiger partial charge in [-0.1, -0.05) is 12.1 Å². The molecular weight excluding hydrogens is 340 g/mol. The number of hydrogen-bond acceptors (Lipinski definition) is 3. The van der Waals surface area contributed by atoms with E-state index in [1.165, 1.54) is 4.90 Å². The van der Waals surface area contributed by atoms with Gasteiger partial charge in [-0.05, 0) is 37.6 Å². The third kappa shape index (κ3) is 4.27. The van der Waals surface area contributed by atoms with Gasteiger partial charge in [0.05, 0.1) is 31.5 Å². The number of hydrogen-bond donors (Lipinski definition) is 0. The predicted octanol–water partition coefficient (Wildman–Crippen LogP) is 3.04. The Kier molecular flexibility index (Phi) is 5.66. The molecule has 0 spiro atoms. The number of carbonyl (C=O) groups excluding carboxylic acids is 1. The van der Waals surface area contributed by atoms with E-state index >= 15 is 0 Å². The van der Waals surface area contributed by atoms with Gasteiger partial charge in [-0.3, -0.25) is 9.48 Å². The van der Waals surface area contributed by atoms with Crippen LogP contribution in [0.3, 0.4) is 0 Å². The highest BCUT2D eigenvalue weighted by Crippen LogP contribution is 2.19. The van der Waals surface area contributed by atoms with Crippen molar-refractivity contribution in [1.82, 2.24) is 14.7 Å². The lowest BCUT2D eigenvalue weighted by atomic mass is 10.1. The summed E-state index contributed by atoms with van der Waals surface area (Å²) in [4.78, 5) is 14.4. The fourth-order valence-electron chi connectivity index (χ4n) is 3.30. The minimum absolute atomic E-state index is 0.154. The minimum atomic E-state index is -2.46. The Morgan fingerprint density at radius 3 is 2.85 bits per heavy atom. The van der Waals surface area contributed by atoms with E-state index in [0.29, 0.717) is 25.3 Å². The maximum absolute atomic E-state index is 12.9. The quantitative estimate of drug-likeness (QED) is 0.820. The van der Waals surface area contributed by atoms with Gasteiger partial charge in [0, 0.05) is 24.2 Å². The molecule has 0 N–H and O–H groups in total. The number of ether oxygens (including phenoxy) is 1. The normalized spacial score (nSPS) is 17.7. The zero-order chi connectivity index (χ0) is 18.7. The highest BCUT2D eigenvalue weighted by Gasteiger charge is 2.30. The Morgan fingerprint density at radius 2 is 2.15 bits per heavy atom. The van der Waals surface area contributed by atoms with E-state index in [2.05, 4.69) is 5.10 Å². The van der Waals surface area contributed by atoms with Crippen molar-refractivity contribution in [2.45, 2.75) is 39.3 Å². The zero-order valence-electron chi connectivity index (χ0n) is 15.0. The van der Waals surface area contributed by atoms with Crippen molar-refractivity contribution in [3.63, 3.8) is 0 Å². The minimum Gasteiger partial charge on any atom is -0.377 e. The molecule has 1 saturated heterocycles. The van der Waals surface area contributed by atoms with Crippen LogP contribution in [0.1, 0.15) is 33.7 Å². The first-order chi connectivity index (χ1) is 12.4. The Morgan fingerprint density at radius 1 is 1.35 bits per heavy atom. The Hall–Kier alpha value is -2.28. The number of halogens is 2. The molecule has 0 radical (unpaired) electrons. The van der Waals surface area contributed by atoms with E-state index in [1.807, 2.05) is 42.8 Å². The summed E-state index contributed by atoms with van der Waals surface area (Å²) in [5, 5.41) is 4.44. The first kappa shape index (κ1) is 18.5. The number of benzene rings is 1. The van der Waals surface area contributed by atoms with Gasteiger partial charge in [0.2, 0.25) is 6.43 Å². The van der Waals surface area contributed by atoms with Crippen LogP contribution in [0.15, 0.2) is 30.3 Å². The Labute approximate surface area is 151 Å². The number of carbonyl (C=O) groups is 1. The molecule has 1 aliphatic rings. The molecule has 140 valence electrons. The summed E-state index contributed by atoms with van der Waals surface area (Å²) in [7, 11) is 0. The predicted molar refractivity (Wildman–Crippen MR) is 93.5 cm³/mol. The largest absolute Gasteiger partial charge is 0.377 e. The number of rotatable bonds is 5. The smallest absolute Gasteiger partial charge is 0.254 e. The first-order valence-electron chi connectivity index (χ1n) is 8.71. The molecule has 2 heterocycles. The van der Waals surface area contributed by atoms with Gasteiger partial charge in [-0.2, -0.15) is 5.10 Å². The second kappa shape index (κ2) is 7.95. The van der Waals surface area contributed by atoms with E-state index in [0.717, 1.165) is 17.0 Å². The lowest BCUT2D eigenvalue weighted by molar-refractivity contribution is -0.0216. The third-order valence-electron chi connectivity index (χ3n) is 4.55. The number of alkyl halides is 2. The monoisotopic (exact) mass is 363 g/mol. The molecule has 3 rings (SSSR count). The first-order valence-corrected chi connectivity index (χ1v) is 8.71. The fraction of sp³-hybridized carbons (Fsp3) is 0.474.